The number of nitrogens with zero attached hydrogens (tertiary/aromatic N) is 1. The zero-order valence-corrected chi connectivity index (χ0v) is 13.7. The Morgan fingerprint density at radius 1 is 1.24 bits per heavy atom. The summed E-state index contributed by atoms with van der Waals surface area (Å²) in [5, 5.41) is 0. The van der Waals surface area contributed by atoms with Gasteiger partial charge in [0.1, 0.15) is 5.69 Å². The number of ketones is 1. The van der Waals surface area contributed by atoms with Crippen LogP contribution in [0.15, 0.2) is 0 Å². The molecule has 1 N–H and O–H groups in total. The van der Waals surface area contributed by atoms with Crippen molar-refractivity contribution in [3.8, 4) is 0 Å². The molecule has 1 aromatic rings. The van der Waals surface area contributed by atoms with Crippen LogP contribution in [0.3, 0.4) is 0 Å². The second kappa shape index (κ2) is 7.98. The van der Waals surface area contributed by atoms with Crippen molar-refractivity contribution in [1.29, 1.82) is 0 Å². The molecule has 1 amide bonds. The molecule has 0 spiro atoms. The monoisotopic (exact) mass is 294 g/mol. The summed E-state index contributed by atoms with van der Waals surface area (Å²) in [6.07, 6.45) is 1.98. The highest BCUT2D eigenvalue weighted by Crippen LogP contribution is 2.20. The molecule has 0 aliphatic rings. The zero-order chi connectivity index (χ0) is 16.0. The predicted octanol–water partition coefficient (Wildman–Crippen LogP) is 2.72. The van der Waals surface area contributed by atoms with Crippen LogP contribution < -0.4 is 0 Å². The molecule has 1 rings (SSSR count). The van der Waals surface area contributed by atoms with Crippen LogP contribution in [0.4, 0.5) is 0 Å². The van der Waals surface area contributed by atoms with E-state index in [4.69, 9.17) is 4.74 Å². The quantitative estimate of drug-likeness (QED) is 0.750. The smallest absolute Gasteiger partial charge is 0.270 e. The van der Waals surface area contributed by atoms with E-state index in [1.807, 2.05) is 13.8 Å². The second-order valence-corrected chi connectivity index (χ2v) is 5.32. The lowest BCUT2D eigenvalue weighted by Gasteiger charge is -2.22. The first-order valence-corrected chi connectivity index (χ1v) is 7.42. The van der Waals surface area contributed by atoms with E-state index in [0.29, 0.717) is 31.0 Å². The molecule has 118 valence electrons. The molecule has 0 saturated carbocycles. The highest BCUT2D eigenvalue weighted by Gasteiger charge is 2.23. The van der Waals surface area contributed by atoms with Crippen LogP contribution in [-0.2, 0) is 4.74 Å². The van der Waals surface area contributed by atoms with E-state index < -0.39 is 0 Å². The number of hydrogen-bond acceptors (Lipinski definition) is 3. The fraction of sp³-hybridized carbons (Fsp3) is 0.625. The molecule has 0 bridgehead atoms. The predicted molar refractivity (Wildman–Crippen MR) is 83.0 cm³/mol. The van der Waals surface area contributed by atoms with Gasteiger partial charge in [0, 0.05) is 31.5 Å². The van der Waals surface area contributed by atoms with Crippen molar-refractivity contribution in [2.24, 2.45) is 0 Å². The molecule has 0 aliphatic carbocycles. The van der Waals surface area contributed by atoms with E-state index in [9.17, 15) is 9.59 Å². The first-order valence-electron chi connectivity index (χ1n) is 7.42. The number of hydrogen-bond donors (Lipinski definition) is 1. The highest BCUT2D eigenvalue weighted by atomic mass is 16.5. The number of aromatic amines is 1. The Kier molecular flexibility index (Phi) is 6.62. The number of H-pyrrole nitrogens is 1. The third-order valence-corrected chi connectivity index (χ3v) is 3.64. The van der Waals surface area contributed by atoms with Crippen molar-refractivity contribution >= 4 is 11.7 Å². The molecular weight excluding hydrogens is 268 g/mol. The van der Waals surface area contributed by atoms with Gasteiger partial charge in [-0.3, -0.25) is 9.59 Å². The highest BCUT2D eigenvalue weighted by molar-refractivity contribution is 6.02. The first-order chi connectivity index (χ1) is 9.93. The van der Waals surface area contributed by atoms with Crippen LogP contribution in [0, 0.1) is 13.8 Å². The summed E-state index contributed by atoms with van der Waals surface area (Å²) >= 11 is 0. The number of unbranched alkanes of at least 4 members (excludes halogenated alkanes) is 1. The Hall–Kier alpha value is -1.62. The summed E-state index contributed by atoms with van der Waals surface area (Å²) in [4.78, 5) is 29.2. The Labute approximate surface area is 126 Å². The van der Waals surface area contributed by atoms with Crippen LogP contribution in [0.25, 0.3) is 0 Å². The SMILES string of the molecule is CCCCN(CCOC)C(=O)c1[nH]c(C)c(C(C)=O)c1C. The fourth-order valence-corrected chi connectivity index (χ4v) is 2.52. The van der Waals surface area contributed by atoms with Crippen molar-refractivity contribution in [3.63, 3.8) is 0 Å². The van der Waals surface area contributed by atoms with E-state index in [1.54, 1.807) is 12.0 Å². The minimum absolute atomic E-state index is 0.0164. The maximum absolute atomic E-state index is 12.7. The van der Waals surface area contributed by atoms with Crippen molar-refractivity contribution in [1.82, 2.24) is 9.88 Å². The number of nitrogens with one attached hydrogen (secondary N) is 1. The van der Waals surface area contributed by atoms with Crippen molar-refractivity contribution < 1.29 is 14.3 Å². The molecule has 1 aromatic heterocycles. The molecule has 5 nitrogen and oxygen atoms in total. The standard InChI is InChI=1S/C16H26N2O3/c1-6-7-8-18(9-10-21-5)16(20)15-11(2)14(13(4)19)12(3)17-15/h17H,6-10H2,1-5H3. The minimum Gasteiger partial charge on any atom is -0.383 e. The van der Waals surface area contributed by atoms with Crippen LogP contribution in [0.5, 0.6) is 0 Å². The summed E-state index contributed by atoms with van der Waals surface area (Å²) in [7, 11) is 1.63. The summed E-state index contributed by atoms with van der Waals surface area (Å²) in [6, 6.07) is 0. The van der Waals surface area contributed by atoms with Crippen LogP contribution in [-0.4, -0.2) is 48.4 Å². The van der Waals surface area contributed by atoms with Gasteiger partial charge in [0.2, 0.25) is 0 Å². The van der Waals surface area contributed by atoms with E-state index in [-0.39, 0.29) is 11.7 Å². The number of aryl methyl sites for hydroxylation is 1. The van der Waals surface area contributed by atoms with Crippen LogP contribution in [0.1, 0.15) is 58.8 Å². The van der Waals surface area contributed by atoms with Gasteiger partial charge in [0.05, 0.1) is 6.61 Å². The molecule has 0 aromatic carbocycles. The van der Waals surface area contributed by atoms with Crippen molar-refractivity contribution in [2.75, 3.05) is 26.8 Å². The van der Waals surface area contributed by atoms with Gasteiger partial charge in [-0.05, 0) is 32.8 Å². The van der Waals surface area contributed by atoms with Gasteiger partial charge in [-0.25, -0.2) is 0 Å². The number of amides is 1. The van der Waals surface area contributed by atoms with Crippen molar-refractivity contribution in [2.45, 2.75) is 40.5 Å². The maximum Gasteiger partial charge on any atom is 0.270 e. The lowest BCUT2D eigenvalue weighted by molar-refractivity contribution is 0.0687. The lowest BCUT2D eigenvalue weighted by Crippen LogP contribution is -2.35. The van der Waals surface area contributed by atoms with E-state index in [1.165, 1.54) is 6.92 Å². The lowest BCUT2D eigenvalue weighted by atomic mass is 10.1. The number of methoxy groups -OCH3 is 1. The molecule has 0 aliphatic heterocycles. The Balaban J connectivity index is 3.02. The van der Waals surface area contributed by atoms with Gasteiger partial charge in [-0.2, -0.15) is 0 Å². The third-order valence-electron chi connectivity index (χ3n) is 3.64. The molecule has 0 radical (unpaired) electrons. The largest absolute Gasteiger partial charge is 0.383 e. The molecule has 0 unspecified atom stereocenters. The third kappa shape index (κ3) is 4.17. The molecule has 5 heteroatoms. The van der Waals surface area contributed by atoms with Crippen LogP contribution in [0.2, 0.25) is 0 Å². The first kappa shape index (κ1) is 17.4. The zero-order valence-electron chi connectivity index (χ0n) is 13.7. The Morgan fingerprint density at radius 2 is 1.90 bits per heavy atom. The molecule has 1 heterocycles. The topological polar surface area (TPSA) is 62.4 Å². The maximum atomic E-state index is 12.7. The number of aromatic nitrogens is 1. The molecule has 21 heavy (non-hydrogen) atoms. The summed E-state index contributed by atoms with van der Waals surface area (Å²) in [6.45, 7) is 9.03. The van der Waals surface area contributed by atoms with E-state index >= 15 is 0 Å². The van der Waals surface area contributed by atoms with Gasteiger partial charge in [0.25, 0.3) is 5.91 Å². The number of rotatable bonds is 8. The van der Waals surface area contributed by atoms with E-state index in [0.717, 1.165) is 24.1 Å². The average Bonchev–Trinajstić information content (AvgIpc) is 2.73. The van der Waals surface area contributed by atoms with Crippen LogP contribution >= 0.6 is 0 Å². The van der Waals surface area contributed by atoms with Crippen molar-refractivity contribution in [3.05, 3.63) is 22.5 Å². The van der Waals surface area contributed by atoms with Gasteiger partial charge >= 0.3 is 0 Å². The second-order valence-electron chi connectivity index (χ2n) is 5.32. The Bertz CT molecular complexity index is 498. The molecule has 0 saturated heterocycles. The van der Waals surface area contributed by atoms with Gasteiger partial charge in [-0.1, -0.05) is 13.3 Å². The van der Waals surface area contributed by atoms with Gasteiger partial charge < -0.3 is 14.6 Å². The summed E-state index contributed by atoms with van der Waals surface area (Å²) in [5.74, 6) is -0.0779. The number of carbonyl (C=O) groups excluding carboxylic acids is 2. The molecule has 0 fully saturated rings. The number of ether oxygens (including phenoxy) is 1. The average molecular weight is 294 g/mol. The van der Waals surface area contributed by atoms with E-state index in [2.05, 4.69) is 11.9 Å². The van der Waals surface area contributed by atoms with Gasteiger partial charge in [-0.15, -0.1) is 0 Å². The molecule has 0 atom stereocenters. The summed E-state index contributed by atoms with van der Waals surface area (Å²) < 4.78 is 5.08. The van der Waals surface area contributed by atoms with Gasteiger partial charge in [0.15, 0.2) is 5.78 Å². The Morgan fingerprint density at radius 3 is 2.38 bits per heavy atom. The normalized spacial score (nSPS) is 10.7. The summed E-state index contributed by atoms with van der Waals surface area (Å²) in [5.41, 5.74) is 2.64. The number of carbonyl (C=O) groups is 2. The minimum atomic E-state index is -0.0615. The molecular formula is C16H26N2O3. The fourth-order valence-electron chi connectivity index (χ4n) is 2.52. The number of Topliss-reactive ketones (excluding diaryl/α,β-unsaturated/α-hetero) is 1.